The fourth-order valence-electron chi connectivity index (χ4n) is 3.72. The van der Waals surface area contributed by atoms with Gasteiger partial charge in [0.1, 0.15) is 4.90 Å². The summed E-state index contributed by atoms with van der Waals surface area (Å²) in [6, 6.07) is -0.192. The Labute approximate surface area is 158 Å². The van der Waals surface area contributed by atoms with Crippen LogP contribution in [0.25, 0.3) is 0 Å². The molecule has 0 spiro atoms. The highest BCUT2D eigenvalue weighted by atomic mass is 35.5. The molecule has 1 saturated carbocycles. The fraction of sp³-hybridized carbons (Fsp3) is 0.824. The largest absolute Gasteiger partial charge is 0.329 e. The van der Waals surface area contributed by atoms with Crippen LogP contribution < -0.4 is 10.5 Å². The van der Waals surface area contributed by atoms with Crippen LogP contribution in [0.3, 0.4) is 0 Å². The lowest BCUT2D eigenvalue weighted by Gasteiger charge is -2.29. The summed E-state index contributed by atoms with van der Waals surface area (Å²) in [5.41, 5.74) is 7.15. The molecule has 0 saturated heterocycles. The van der Waals surface area contributed by atoms with Crippen LogP contribution in [-0.2, 0) is 16.6 Å². The Kier molecular flexibility index (Phi) is 8.38. The number of hydrogen-bond acceptors (Lipinski definition) is 4. The average molecular weight is 393 g/mol. The van der Waals surface area contributed by atoms with Crippen molar-refractivity contribution in [2.75, 3.05) is 6.54 Å². The second kappa shape index (κ2) is 9.35. The maximum Gasteiger partial charge on any atom is 0.244 e. The molecule has 1 heterocycles. The molecule has 0 amide bonds. The minimum Gasteiger partial charge on any atom is -0.329 e. The van der Waals surface area contributed by atoms with E-state index in [-0.39, 0.29) is 18.4 Å². The molecule has 0 bridgehead atoms. The van der Waals surface area contributed by atoms with E-state index in [2.05, 4.69) is 23.7 Å². The zero-order valence-corrected chi connectivity index (χ0v) is 17.4. The van der Waals surface area contributed by atoms with E-state index < -0.39 is 10.0 Å². The number of hydrogen-bond donors (Lipinski definition) is 2. The van der Waals surface area contributed by atoms with Gasteiger partial charge in [-0.05, 0) is 38.5 Å². The quantitative estimate of drug-likeness (QED) is 0.746. The standard InChI is InChI=1S/C17H32N4O2S.ClH/c1-12(2)11-21-14(4)17(13(3)19-21)24(22,23)20-16(10-18)15-8-6-5-7-9-15;/h12,15-16,20H,5-11,18H2,1-4H3;1H. The van der Waals surface area contributed by atoms with Gasteiger partial charge >= 0.3 is 0 Å². The van der Waals surface area contributed by atoms with Crippen molar-refractivity contribution >= 4 is 22.4 Å². The minimum absolute atomic E-state index is 0. The summed E-state index contributed by atoms with van der Waals surface area (Å²) in [6.45, 7) is 8.82. The Bertz CT molecular complexity index is 652. The van der Waals surface area contributed by atoms with Crippen LogP contribution in [0.2, 0.25) is 0 Å². The molecule has 0 aliphatic heterocycles. The van der Waals surface area contributed by atoms with Crippen LogP contribution in [0.4, 0.5) is 0 Å². The molecule has 25 heavy (non-hydrogen) atoms. The van der Waals surface area contributed by atoms with Crippen LogP contribution in [0.1, 0.15) is 57.3 Å². The molecule has 0 aromatic carbocycles. The number of aryl methyl sites for hydroxylation is 1. The molecule has 146 valence electrons. The van der Waals surface area contributed by atoms with Gasteiger partial charge in [0, 0.05) is 19.1 Å². The SMILES string of the molecule is Cc1nn(CC(C)C)c(C)c1S(=O)(=O)NC(CN)C1CCCCC1.Cl. The number of nitrogens with zero attached hydrogens (tertiary/aromatic N) is 2. The molecule has 1 unspecified atom stereocenters. The molecule has 6 nitrogen and oxygen atoms in total. The number of sulfonamides is 1. The van der Waals surface area contributed by atoms with Gasteiger partial charge in [0.25, 0.3) is 0 Å². The summed E-state index contributed by atoms with van der Waals surface area (Å²) in [4.78, 5) is 0.317. The van der Waals surface area contributed by atoms with Crippen molar-refractivity contribution in [3.8, 4) is 0 Å². The van der Waals surface area contributed by atoms with Crippen molar-refractivity contribution in [1.82, 2.24) is 14.5 Å². The summed E-state index contributed by atoms with van der Waals surface area (Å²) < 4.78 is 30.6. The normalized spacial score (nSPS) is 17.5. The number of rotatable bonds is 7. The Morgan fingerprint density at radius 1 is 1.24 bits per heavy atom. The van der Waals surface area contributed by atoms with Crippen LogP contribution in [0.15, 0.2) is 4.90 Å². The van der Waals surface area contributed by atoms with Crippen molar-refractivity contribution < 1.29 is 8.42 Å². The zero-order valence-electron chi connectivity index (χ0n) is 15.8. The van der Waals surface area contributed by atoms with E-state index >= 15 is 0 Å². The molecular formula is C17H33ClN4O2S. The summed E-state index contributed by atoms with van der Waals surface area (Å²) >= 11 is 0. The zero-order chi connectivity index (χ0) is 17.9. The first kappa shape index (κ1) is 22.4. The molecule has 1 aliphatic rings. The van der Waals surface area contributed by atoms with E-state index in [1.807, 2.05) is 6.92 Å². The Hall–Kier alpha value is -0.630. The highest BCUT2D eigenvalue weighted by Crippen LogP contribution is 2.28. The molecule has 0 radical (unpaired) electrons. The minimum atomic E-state index is -3.61. The van der Waals surface area contributed by atoms with Crippen LogP contribution in [-0.4, -0.2) is 30.8 Å². The van der Waals surface area contributed by atoms with Gasteiger partial charge in [-0.15, -0.1) is 12.4 Å². The van der Waals surface area contributed by atoms with Crippen molar-refractivity contribution in [2.24, 2.45) is 17.6 Å². The summed E-state index contributed by atoms with van der Waals surface area (Å²) in [6.07, 6.45) is 5.66. The van der Waals surface area contributed by atoms with Gasteiger partial charge in [-0.25, -0.2) is 13.1 Å². The maximum absolute atomic E-state index is 13.0. The molecule has 3 N–H and O–H groups in total. The molecular weight excluding hydrogens is 360 g/mol. The third-order valence-electron chi connectivity index (χ3n) is 4.90. The van der Waals surface area contributed by atoms with Crippen LogP contribution >= 0.6 is 12.4 Å². The predicted molar refractivity (Wildman–Crippen MR) is 104 cm³/mol. The van der Waals surface area contributed by atoms with E-state index in [1.165, 1.54) is 6.42 Å². The molecule has 1 aromatic rings. The van der Waals surface area contributed by atoms with E-state index in [0.29, 0.717) is 41.2 Å². The highest BCUT2D eigenvalue weighted by Gasteiger charge is 2.31. The molecule has 8 heteroatoms. The number of halogens is 1. The Morgan fingerprint density at radius 2 is 1.84 bits per heavy atom. The average Bonchev–Trinajstić information content (AvgIpc) is 2.79. The maximum atomic E-state index is 13.0. The summed E-state index contributed by atoms with van der Waals surface area (Å²) in [7, 11) is -3.61. The second-order valence-corrected chi connectivity index (χ2v) is 9.09. The topological polar surface area (TPSA) is 90.0 Å². The van der Waals surface area contributed by atoms with Crippen LogP contribution in [0.5, 0.6) is 0 Å². The molecule has 1 atom stereocenters. The highest BCUT2D eigenvalue weighted by molar-refractivity contribution is 7.89. The van der Waals surface area contributed by atoms with Gasteiger partial charge in [0.05, 0.1) is 11.4 Å². The lowest BCUT2D eigenvalue weighted by molar-refractivity contribution is 0.294. The fourth-order valence-corrected chi connectivity index (χ4v) is 5.45. The number of nitrogens with one attached hydrogen (secondary N) is 1. The van der Waals surface area contributed by atoms with E-state index in [9.17, 15) is 8.42 Å². The van der Waals surface area contributed by atoms with E-state index in [0.717, 1.165) is 25.7 Å². The summed E-state index contributed by atoms with van der Waals surface area (Å²) in [5, 5.41) is 4.43. The van der Waals surface area contributed by atoms with Gasteiger partial charge < -0.3 is 5.73 Å². The smallest absolute Gasteiger partial charge is 0.244 e. The number of nitrogens with two attached hydrogens (primary N) is 1. The van der Waals surface area contributed by atoms with E-state index in [1.54, 1.807) is 11.6 Å². The van der Waals surface area contributed by atoms with Gasteiger partial charge in [-0.3, -0.25) is 4.68 Å². The van der Waals surface area contributed by atoms with E-state index in [4.69, 9.17) is 5.73 Å². The third-order valence-corrected chi connectivity index (χ3v) is 6.64. The molecule has 1 aliphatic carbocycles. The van der Waals surface area contributed by atoms with Crippen molar-refractivity contribution in [1.29, 1.82) is 0 Å². The first-order valence-corrected chi connectivity index (χ1v) is 10.5. The molecule has 2 rings (SSSR count). The van der Waals surface area contributed by atoms with Crippen LogP contribution in [0, 0.1) is 25.7 Å². The van der Waals surface area contributed by atoms with Gasteiger partial charge in [0.15, 0.2) is 0 Å². The summed E-state index contributed by atoms with van der Waals surface area (Å²) in [5.74, 6) is 0.746. The molecule has 1 fully saturated rings. The lowest BCUT2D eigenvalue weighted by Crippen LogP contribution is -2.46. The van der Waals surface area contributed by atoms with Crippen molar-refractivity contribution in [3.63, 3.8) is 0 Å². The van der Waals surface area contributed by atoms with Crippen molar-refractivity contribution in [2.45, 2.75) is 77.3 Å². The predicted octanol–water partition coefficient (Wildman–Crippen LogP) is 2.76. The second-order valence-electron chi connectivity index (χ2n) is 7.44. The molecule has 1 aromatic heterocycles. The number of aromatic nitrogens is 2. The Balaban J connectivity index is 0.00000312. The lowest BCUT2D eigenvalue weighted by atomic mass is 9.84. The van der Waals surface area contributed by atoms with Crippen molar-refractivity contribution in [3.05, 3.63) is 11.4 Å². The third kappa shape index (κ3) is 5.42. The van der Waals surface area contributed by atoms with Gasteiger partial charge in [-0.1, -0.05) is 33.1 Å². The van der Waals surface area contributed by atoms with Gasteiger partial charge in [-0.2, -0.15) is 5.10 Å². The monoisotopic (exact) mass is 392 g/mol. The first-order chi connectivity index (χ1) is 11.3. The van der Waals surface area contributed by atoms with Gasteiger partial charge in [0.2, 0.25) is 10.0 Å². The Morgan fingerprint density at radius 3 is 2.36 bits per heavy atom. The first-order valence-electron chi connectivity index (χ1n) is 9.02.